The largest absolute Gasteiger partial charge is 0.497 e. The Bertz CT molecular complexity index is 2520. The number of nitrogens with zero attached hydrogens (tertiary/aromatic N) is 4. The summed E-state index contributed by atoms with van der Waals surface area (Å²) in [6.07, 6.45) is 7.70. The first-order valence-electron chi connectivity index (χ1n) is 20.3. The molecule has 0 radical (unpaired) electrons. The molecule has 0 fully saturated rings. The van der Waals surface area contributed by atoms with Gasteiger partial charge in [0, 0.05) is 34.1 Å². The second-order valence-electron chi connectivity index (χ2n) is 14.0. The number of hydrogen-bond donors (Lipinski definition) is 0. The Labute approximate surface area is 364 Å². The molecule has 0 bridgehead atoms. The van der Waals surface area contributed by atoms with Gasteiger partial charge in [0.2, 0.25) is 0 Å². The Hall–Kier alpha value is -8.20. The van der Waals surface area contributed by atoms with Gasteiger partial charge in [-0.15, -0.1) is 0 Å². The van der Waals surface area contributed by atoms with E-state index in [4.69, 9.17) is 25.5 Å². The van der Waals surface area contributed by atoms with Gasteiger partial charge >= 0.3 is 0 Å². The van der Waals surface area contributed by atoms with Crippen LogP contribution in [0.3, 0.4) is 0 Å². The van der Waals surface area contributed by atoms with Gasteiger partial charge in [0.25, 0.3) is 0 Å². The smallest absolute Gasteiger partial charge is 0.194 e. The standard InChI is InChI=1S/C54H46N4O4/c1-6-61-52-32-24-48(25-33-52)57(46-20-28-50(59-4)29-21-46)44-16-10-39(11-17-44)8-14-41-37-54(56-3)42(36-43(41)38-55)15-9-40-12-18-45(19-13-40)58(47-22-30-51(60-5)31-23-47)49-26-34-53(35-27-49)62-7-2/h8-37H,6-7H2,1-2,4-5H3/b14-8-,15-9-. The van der Waals surface area contributed by atoms with Gasteiger partial charge in [0.05, 0.1) is 45.6 Å². The summed E-state index contributed by atoms with van der Waals surface area (Å²) in [6.45, 7) is 13.1. The molecule has 306 valence electrons. The quantitative estimate of drug-likeness (QED) is 0.0710. The van der Waals surface area contributed by atoms with E-state index in [0.29, 0.717) is 35.6 Å². The van der Waals surface area contributed by atoms with Gasteiger partial charge in [-0.2, -0.15) is 5.26 Å². The van der Waals surface area contributed by atoms with Crippen LogP contribution < -0.4 is 28.7 Å². The van der Waals surface area contributed by atoms with Gasteiger partial charge in [-0.1, -0.05) is 48.6 Å². The maximum Gasteiger partial charge on any atom is 0.194 e. The van der Waals surface area contributed by atoms with E-state index in [1.807, 2.05) is 159 Å². The molecule has 0 aliphatic carbocycles. The molecule has 0 aliphatic rings. The number of methoxy groups -OCH3 is 2. The van der Waals surface area contributed by atoms with Crippen molar-refractivity contribution in [2.75, 3.05) is 37.2 Å². The lowest BCUT2D eigenvalue weighted by atomic mass is 10.0. The number of rotatable bonds is 16. The molecule has 0 amide bonds. The van der Waals surface area contributed by atoms with Crippen molar-refractivity contribution in [3.63, 3.8) is 0 Å². The number of anilines is 6. The number of hydrogen-bond acceptors (Lipinski definition) is 7. The van der Waals surface area contributed by atoms with Crippen LogP contribution in [0, 0.1) is 17.9 Å². The van der Waals surface area contributed by atoms with Crippen molar-refractivity contribution < 1.29 is 18.9 Å². The van der Waals surface area contributed by atoms with Crippen LogP contribution in [0.25, 0.3) is 29.1 Å². The molecule has 0 saturated carbocycles. The Kier molecular flexibility index (Phi) is 13.6. The Morgan fingerprint density at radius 1 is 0.484 bits per heavy atom. The summed E-state index contributed by atoms with van der Waals surface area (Å²) in [5.74, 6) is 3.19. The van der Waals surface area contributed by atoms with Crippen LogP contribution >= 0.6 is 0 Å². The first kappa shape index (κ1) is 41.9. The van der Waals surface area contributed by atoms with E-state index in [2.05, 4.69) is 45.0 Å². The summed E-state index contributed by atoms with van der Waals surface area (Å²) in [6, 6.07) is 54.2. The summed E-state index contributed by atoms with van der Waals surface area (Å²) in [7, 11) is 3.31. The van der Waals surface area contributed by atoms with E-state index in [-0.39, 0.29) is 0 Å². The van der Waals surface area contributed by atoms with Gasteiger partial charge < -0.3 is 28.7 Å². The fraction of sp³-hybridized carbons (Fsp3) is 0.111. The van der Waals surface area contributed by atoms with Gasteiger partial charge in [-0.05, 0) is 170 Å². The van der Waals surface area contributed by atoms with Crippen LogP contribution in [-0.2, 0) is 0 Å². The van der Waals surface area contributed by atoms with Crippen LogP contribution in [0.1, 0.15) is 41.7 Å². The van der Waals surface area contributed by atoms with E-state index in [1.165, 1.54) is 0 Å². The molecular weight excluding hydrogens is 769 g/mol. The summed E-state index contributed by atoms with van der Waals surface area (Å²) in [5.41, 5.74) is 10.0. The predicted molar refractivity (Wildman–Crippen MR) is 253 cm³/mol. The molecule has 8 nitrogen and oxygen atoms in total. The highest BCUT2D eigenvalue weighted by Crippen LogP contribution is 2.38. The summed E-state index contributed by atoms with van der Waals surface area (Å²) < 4.78 is 22.2. The van der Waals surface area contributed by atoms with Crippen LogP contribution in [0.5, 0.6) is 23.0 Å². The predicted octanol–water partition coefficient (Wildman–Crippen LogP) is 14.2. The first-order valence-corrected chi connectivity index (χ1v) is 20.3. The molecule has 7 aromatic rings. The van der Waals surface area contributed by atoms with Crippen LogP contribution in [0.15, 0.2) is 158 Å². The van der Waals surface area contributed by atoms with Crippen LogP contribution in [0.2, 0.25) is 0 Å². The highest BCUT2D eigenvalue weighted by molar-refractivity contribution is 5.84. The van der Waals surface area contributed by atoms with Crippen molar-refractivity contribution in [1.82, 2.24) is 0 Å². The number of benzene rings is 7. The van der Waals surface area contributed by atoms with Gasteiger partial charge in [0.15, 0.2) is 5.69 Å². The minimum absolute atomic E-state index is 0.457. The normalized spacial score (nSPS) is 10.9. The molecule has 62 heavy (non-hydrogen) atoms. The van der Waals surface area contributed by atoms with E-state index >= 15 is 0 Å². The van der Waals surface area contributed by atoms with Crippen molar-refractivity contribution in [3.8, 4) is 29.1 Å². The maximum atomic E-state index is 10.2. The molecule has 0 spiro atoms. The van der Waals surface area contributed by atoms with Crippen molar-refractivity contribution in [2.24, 2.45) is 0 Å². The molecule has 8 heteroatoms. The minimum atomic E-state index is 0.457. The SMILES string of the molecule is [C-]#[N+]c1cc(/C=C\c2ccc(N(c3ccc(OC)cc3)c3ccc(OCC)cc3)cc2)c(C#N)cc1/C=C\c1ccc(N(c2ccc(OC)cc2)c2ccc(OCC)cc2)cc1. The fourth-order valence-corrected chi connectivity index (χ4v) is 7.00. The second kappa shape index (κ2) is 20.2. The van der Waals surface area contributed by atoms with Crippen molar-refractivity contribution in [2.45, 2.75) is 13.8 Å². The average molecular weight is 815 g/mol. The molecule has 0 atom stereocenters. The molecule has 7 rings (SSSR count). The molecule has 0 unspecified atom stereocenters. The molecule has 0 aromatic heterocycles. The zero-order chi connectivity index (χ0) is 43.3. The van der Waals surface area contributed by atoms with Crippen LogP contribution in [0.4, 0.5) is 39.8 Å². The topological polar surface area (TPSA) is 71.6 Å². The van der Waals surface area contributed by atoms with Crippen molar-refractivity contribution >= 4 is 64.1 Å². The Morgan fingerprint density at radius 3 is 1.15 bits per heavy atom. The second-order valence-corrected chi connectivity index (χ2v) is 14.0. The monoisotopic (exact) mass is 814 g/mol. The van der Waals surface area contributed by atoms with Crippen molar-refractivity contribution in [1.29, 1.82) is 5.26 Å². The third-order valence-electron chi connectivity index (χ3n) is 10.1. The number of ether oxygens (including phenoxy) is 4. The van der Waals surface area contributed by atoms with E-state index in [0.717, 1.165) is 68.2 Å². The van der Waals surface area contributed by atoms with Crippen molar-refractivity contribution in [3.05, 3.63) is 197 Å². The summed E-state index contributed by atoms with van der Waals surface area (Å²) in [4.78, 5) is 8.17. The lowest BCUT2D eigenvalue weighted by Gasteiger charge is -2.26. The van der Waals surface area contributed by atoms with E-state index in [9.17, 15) is 5.26 Å². The third kappa shape index (κ3) is 9.97. The first-order chi connectivity index (χ1) is 30.4. The molecular formula is C54H46N4O4. The Balaban J connectivity index is 1.10. The lowest BCUT2D eigenvalue weighted by Crippen LogP contribution is -2.09. The van der Waals surface area contributed by atoms with E-state index < -0.39 is 0 Å². The highest BCUT2D eigenvalue weighted by atomic mass is 16.5. The zero-order valence-electron chi connectivity index (χ0n) is 35.2. The molecule has 0 aliphatic heterocycles. The van der Waals surface area contributed by atoms with Crippen LogP contribution in [-0.4, -0.2) is 27.4 Å². The van der Waals surface area contributed by atoms with Gasteiger partial charge in [-0.25, -0.2) is 4.85 Å². The fourth-order valence-electron chi connectivity index (χ4n) is 7.00. The van der Waals surface area contributed by atoms with E-state index in [1.54, 1.807) is 26.4 Å². The molecule has 0 heterocycles. The Morgan fingerprint density at radius 2 is 0.823 bits per heavy atom. The minimum Gasteiger partial charge on any atom is -0.497 e. The average Bonchev–Trinajstić information content (AvgIpc) is 3.32. The summed E-state index contributed by atoms with van der Waals surface area (Å²) >= 11 is 0. The molecule has 0 saturated heterocycles. The molecule has 0 N–H and O–H groups in total. The lowest BCUT2D eigenvalue weighted by molar-refractivity contribution is 0.340. The zero-order valence-corrected chi connectivity index (χ0v) is 35.2. The van der Waals surface area contributed by atoms with Gasteiger partial charge in [0.1, 0.15) is 23.0 Å². The third-order valence-corrected chi connectivity index (χ3v) is 10.1. The highest BCUT2D eigenvalue weighted by Gasteiger charge is 2.15. The summed E-state index contributed by atoms with van der Waals surface area (Å²) in [5, 5.41) is 10.2. The van der Waals surface area contributed by atoms with Gasteiger partial charge in [-0.3, -0.25) is 0 Å². The number of nitriles is 1. The molecule has 7 aromatic carbocycles. The maximum absolute atomic E-state index is 10.2.